The van der Waals surface area contributed by atoms with Crippen molar-refractivity contribution in [3.8, 4) is 0 Å². The lowest BCUT2D eigenvalue weighted by atomic mass is 9.66. The van der Waals surface area contributed by atoms with Crippen LogP contribution in [0.1, 0.15) is 92.2 Å². The molecule has 1 aliphatic carbocycles. The first-order valence-electron chi connectivity index (χ1n) is 13.1. The maximum absolute atomic E-state index is 3.96. The zero-order valence-corrected chi connectivity index (χ0v) is 21.9. The number of hydrogen-bond donors (Lipinski definition) is 2. The summed E-state index contributed by atoms with van der Waals surface area (Å²) < 4.78 is 0. The standard InChI is InChI=1S/C29H42N4/c1-26(2)16-14-19-21-22(31-25(30-21)18-12-10-9-11-13-18)20-15-17-27(3,4)33-24(20)23(19)32(26)28(5,6)29(33,7)8/h10,12-13,25,30-31H,9,11,14-17H2,1-8H3. The van der Waals surface area contributed by atoms with E-state index in [0.717, 1.165) is 25.7 Å². The molecule has 1 aromatic carbocycles. The average molecular weight is 447 g/mol. The molecule has 4 nitrogen and oxygen atoms in total. The number of hydrogen-bond acceptors (Lipinski definition) is 4. The van der Waals surface area contributed by atoms with Crippen LogP contribution in [0.4, 0.5) is 22.7 Å². The van der Waals surface area contributed by atoms with Gasteiger partial charge in [-0.2, -0.15) is 0 Å². The fourth-order valence-corrected chi connectivity index (χ4v) is 7.76. The highest BCUT2D eigenvalue weighted by molar-refractivity contribution is 5.99. The highest BCUT2D eigenvalue weighted by Gasteiger charge is 2.61. The first-order valence-corrected chi connectivity index (χ1v) is 13.1. The molecule has 5 aliphatic rings. The molecule has 4 heteroatoms. The molecule has 0 atom stereocenters. The van der Waals surface area contributed by atoms with Crippen molar-refractivity contribution in [2.75, 3.05) is 20.4 Å². The van der Waals surface area contributed by atoms with Gasteiger partial charge in [-0.1, -0.05) is 18.2 Å². The van der Waals surface area contributed by atoms with E-state index >= 15 is 0 Å². The summed E-state index contributed by atoms with van der Waals surface area (Å²) in [7, 11) is 0. The average Bonchev–Trinajstić information content (AvgIpc) is 3.17. The molecule has 4 aliphatic heterocycles. The van der Waals surface area contributed by atoms with Crippen LogP contribution in [-0.4, -0.2) is 28.3 Å². The second kappa shape index (κ2) is 6.31. The van der Waals surface area contributed by atoms with E-state index in [0.29, 0.717) is 0 Å². The molecule has 0 fully saturated rings. The predicted octanol–water partition coefficient (Wildman–Crippen LogP) is 6.76. The fourth-order valence-electron chi connectivity index (χ4n) is 7.76. The van der Waals surface area contributed by atoms with Crippen molar-refractivity contribution in [2.45, 2.75) is 122 Å². The van der Waals surface area contributed by atoms with Crippen molar-refractivity contribution in [3.63, 3.8) is 0 Å². The quantitative estimate of drug-likeness (QED) is 0.499. The van der Waals surface area contributed by atoms with Crippen molar-refractivity contribution in [2.24, 2.45) is 0 Å². The molecule has 0 spiro atoms. The summed E-state index contributed by atoms with van der Waals surface area (Å²) in [5.41, 5.74) is 10.5. The van der Waals surface area contributed by atoms with Crippen molar-refractivity contribution in [3.05, 3.63) is 34.9 Å². The third-order valence-electron chi connectivity index (χ3n) is 9.83. The van der Waals surface area contributed by atoms with Crippen LogP contribution in [-0.2, 0) is 12.8 Å². The van der Waals surface area contributed by atoms with E-state index in [2.05, 4.69) is 94.1 Å². The number of benzene rings is 1. The van der Waals surface area contributed by atoms with Gasteiger partial charge in [-0.15, -0.1) is 0 Å². The Morgan fingerprint density at radius 1 is 0.727 bits per heavy atom. The highest BCUT2D eigenvalue weighted by atomic mass is 15.4. The first kappa shape index (κ1) is 21.4. The number of allylic oxidation sites excluding steroid dienone is 2. The van der Waals surface area contributed by atoms with E-state index in [-0.39, 0.29) is 28.3 Å². The Hall–Kier alpha value is -2.10. The SMILES string of the molecule is CC1(C)CCc2c3c(c4c5c2N1C(C)(C)C(C)(C)N5C(C)(C)CC4)NC(C1=CCCC=C1)N3. The van der Waals surface area contributed by atoms with Crippen LogP contribution in [0.2, 0.25) is 0 Å². The summed E-state index contributed by atoms with van der Waals surface area (Å²) in [4.78, 5) is 5.65. The Morgan fingerprint density at radius 3 is 1.64 bits per heavy atom. The smallest absolute Gasteiger partial charge is 0.123 e. The van der Waals surface area contributed by atoms with Crippen LogP contribution in [0, 0.1) is 0 Å². The molecule has 0 bridgehead atoms. The number of nitrogens with one attached hydrogen (secondary N) is 2. The molecule has 178 valence electrons. The van der Waals surface area contributed by atoms with E-state index in [1.54, 1.807) is 0 Å². The Balaban J connectivity index is 1.64. The topological polar surface area (TPSA) is 30.5 Å². The second-order valence-electron chi connectivity index (χ2n) is 13.2. The van der Waals surface area contributed by atoms with E-state index in [1.807, 2.05) is 0 Å². The summed E-state index contributed by atoms with van der Waals surface area (Å²) in [5.74, 6) is 0. The summed E-state index contributed by atoms with van der Waals surface area (Å²) in [6, 6.07) is 0. The van der Waals surface area contributed by atoms with Gasteiger partial charge in [0, 0.05) is 22.2 Å². The van der Waals surface area contributed by atoms with Gasteiger partial charge in [0.05, 0.1) is 33.8 Å². The normalized spacial score (nSPS) is 27.3. The van der Waals surface area contributed by atoms with Crippen molar-refractivity contribution < 1.29 is 0 Å². The summed E-state index contributed by atoms with van der Waals surface area (Å²) in [6.07, 6.45) is 14.2. The van der Waals surface area contributed by atoms with Gasteiger partial charge < -0.3 is 20.4 Å². The van der Waals surface area contributed by atoms with E-state index in [9.17, 15) is 0 Å². The molecule has 33 heavy (non-hydrogen) atoms. The number of rotatable bonds is 1. The van der Waals surface area contributed by atoms with Gasteiger partial charge in [0.25, 0.3) is 0 Å². The minimum Gasteiger partial charge on any atom is -0.360 e. The first-order chi connectivity index (χ1) is 15.4. The molecule has 6 rings (SSSR count). The third-order valence-corrected chi connectivity index (χ3v) is 9.83. The van der Waals surface area contributed by atoms with Crippen LogP contribution in [0.15, 0.2) is 23.8 Å². The summed E-state index contributed by atoms with van der Waals surface area (Å²) in [5, 5.41) is 7.92. The number of anilines is 4. The number of fused-ring (bicyclic) bond motifs is 3. The maximum Gasteiger partial charge on any atom is 0.123 e. The maximum atomic E-state index is 3.96. The minimum atomic E-state index is -0.00113. The zero-order chi connectivity index (χ0) is 23.6. The van der Waals surface area contributed by atoms with Crippen LogP contribution in [0.3, 0.4) is 0 Å². The molecule has 1 aromatic rings. The Bertz CT molecular complexity index is 1030. The number of nitrogens with zero attached hydrogens (tertiary/aromatic N) is 2. The van der Waals surface area contributed by atoms with E-state index in [4.69, 9.17) is 0 Å². The molecule has 0 saturated heterocycles. The largest absolute Gasteiger partial charge is 0.360 e. The minimum absolute atomic E-state index is 0.00113. The third kappa shape index (κ3) is 2.58. The molecule has 0 aromatic heterocycles. The van der Waals surface area contributed by atoms with Gasteiger partial charge in [0.1, 0.15) is 6.17 Å². The van der Waals surface area contributed by atoms with Crippen LogP contribution < -0.4 is 20.4 Å². The highest BCUT2D eigenvalue weighted by Crippen LogP contribution is 2.64. The second-order valence-corrected chi connectivity index (χ2v) is 13.2. The van der Waals surface area contributed by atoms with Crippen LogP contribution in [0.25, 0.3) is 0 Å². The van der Waals surface area contributed by atoms with Crippen molar-refractivity contribution in [1.29, 1.82) is 0 Å². The van der Waals surface area contributed by atoms with Gasteiger partial charge in [-0.3, -0.25) is 0 Å². The molecular weight excluding hydrogens is 404 g/mol. The monoisotopic (exact) mass is 446 g/mol. The predicted molar refractivity (Wildman–Crippen MR) is 142 cm³/mol. The molecule has 0 unspecified atom stereocenters. The summed E-state index contributed by atoms with van der Waals surface area (Å²) >= 11 is 0. The van der Waals surface area contributed by atoms with E-state index < -0.39 is 0 Å². The van der Waals surface area contributed by atoms with Gasteiger partial charge in [-0.05, 0) is 99.5 Å². The Labute approximate surface area is 200 Å². The lowest BCUT2D eigenvalue weighted by molar-refractivity contribution is 0.165. The van der Waals surface area contributed by atoms with Crippen molar-refractivity contribution >= 4 is 22.7 Å². The van der Waals surface area contributed by atoms with E-state index in [1.165, 1.54) is 52.3 Å². The van der Waals surface area contributed by atoms with Crippen LogP contribution >= 0.6 is 0 Å². The van der Waals surface area contributed by atoms with Crippen molar-refractivity contribution in [1.82, 2.24) is 0 Å². The summed E-state index contributed by atoms with van der Waals surface area (Å²) in [6.45, 7) is 19.8. The lowest BCUT2D eigenvalue weighted by Crippen LogP contribution is -2.77. The molecule has 4 heterocycles. The lowest BCUT2D eigenvalue weighted by Gasteiger charge is -2.70. The van der Waals surface area contributed by atoms with Gasteiger partial charge >= 0.3 is 0 Å². The molecule has 0 amide bonds. The molecule has 0 saturated carbocycles. The van der Waals surface area contributed by atoms with Gasteiger partial charge in [0.2, 0.25) is 0 Å². The fraction of sp³-hybridized carbons (Fsp3) is 0.655. The van der Waals surface area contributed by atoms with Crippen LogP contribution in [0.5, 0.6) is 0 Å². The Morgan fingerprint density at radius 2 is 1.21 bits per heavy atom. The molecule has 0 radical (unpaired) electrons. The van der Waals surface area contributed by atoms with Gasteiger partial charge in [-0.25, -0.2) is 0 Å². The molecular formula is C29H42N4. The van der Waals surface area contributed by atoms with Gasteiger partial charge in [0.15, 0.2) is 0 Å². The Kier molecular flexibility index (Phi) is 4.10. The zero-order valence-electron chi connectivity index (χ0n) is 21.9. The molecule has 2 N–H and O–H groups in total.